The molecule has 1 fully saturated rings. The number of benzene rings is 1. The van der Waals surface area contributed by atoms with Gasteiger partial charge in [-0.3, -0.25) is 9.59 Å². The van der Waals surface area contributed by atoms with Crippen LogP contribution in [0.3, 0.4) is 0 Å². The van der Waals surface area contributed by atoms with E-state index in [2.05, 4.69) is 5.32 Å². The number of methoxy groups -OCH3 is 1. The van der Waals surface area contributed by atoms with Crippen molar-refractivity contribution in [1.29, 1.82) is 0 Å². The molecule has 1 aliphatic rings. The van der Waals surface area contributed by atoms with E-state index in [1.54, 1.807) is 11.0 Å². The minimum atomic E-state index is -0.485. The molecule has 5 nitrogen and oxygen atoms in total. The lowest BCUT2D eigenvalue weighted by Gasteiger charge is -2.32. The Labute approximate surface area is 139 Å². The molecule has 1 N–H and O–H groups in total. The predicted octanol–water partition coefficient (Wildman–Crippen LogP) is 1.98. The number of carbonyl (C=O) groups is 2. The molecule has 1 aliphatic heterocycles. The molecule has 1 heterocycles. The highest BCUT2D eigenvalue weighted by molar-refractivity contribution is 6.30. The van der Waals surface area contributed by atoms with Crippen molar-refractivity contribution in [1.82, 2.24) is 10.2 Å². The number of ether oxygens (including phenoxy) is 1. The number of amides is 2. The first kappa shape index (κ1) is 17.7. The molecule has 0 aliphatic carbocycles. The smallest absolute Gasteiger partial charge is 0.248 e. The Morgan fingerprint density at radius 1 is 1.48 bits per heavy atom. The first-order chi connectivity index (χ1) is 11.0. The van der Waals surface area contributed by atoms with Gasteiger partial charge in [-0.25, -0.2) is 4.39 Å². The summed E-state index contributed by atoms with van der Waals surface area (Å²) in [5.74, 6) is -0.933. The Kier molecular flexibility index (Phi) is 6.36. The van der Waals surface area contributed by atoms with E-state index >= 15 is 0 Å². The molecule has 7 heteroatoms. The van der Waals surface area contributed by atoms with E-state index in [0.717, 1.165) is 18.4 Å². The van der Waals surface area contributed by atoms with E-state index in [9.17, 15) is 14.0 Å². The fraction of sp³-hybridized carbons (Fsp3) is 0.500. The average molecular weight is 343 g/mol. The van der Waals surface area contributed by atoms with Gasteiger partial charge < -0.3 is 15.0 Å². The number of hydrogen-bond acceptors (Lipinski definition) is 3. The predicted molar refractivity (Wildman–Crippen MR) is 84.4 cm³/mol. The minimum Gasteiger partial charge on any atom is -0.375 e. The van der Waals surface area contributed by atoms with Gasteiger partial charge in [-0.2, -0.15) is 0 Å². The number of likely N-dealkylation sites (tertiary alicyclic amines) is 1. The lowest BCUT2D eigenvalue weighted by atomic mass is 9.97. The van der Waals surface area contributed by atoms with Crippen molar-refractivity contribution >= 4 is 23.4 Å². The van der Waals surface area contributed by atoms with Gasteiger partial charge in [-0.15, -0.1) is 0 Å². The molecule has 0 radical (unpaired) electrons. The third kappa shape index (κ3) is 4.91. The molecule has 1 aromatic rings. The molecular formula is C16H20ClFN2O3. The molecule has 23 heavy (non-hydrogen) atoms. The molecule has 1 atom stereocenters. The summed E-state index contributed by atoms with van der Waals surface area (Å²) in [6.45, 7) is 1.36. The average Bonchev–Trinajstić information content (AvgIpc) is 2.56. The zero-order valence-corrected chi connectivity index (χ0v) is 13.7. The first-order valence-electron chi connectivity index (χ1n) is 7.49. The zero-order chi connectivity index (χ0) is 16.8. The summed E-state index contributed by atoms with van der Waals surface area (Å²) >= 11 is 5.72. The Bertz CT molecular complexity index is 582. The summed E-state index contributed by atoms with van der Waals surface area (Å²) in [6, 6.07) is 4.35. The molecule has 0 aromatic heterocycles. The summed E-state index contributed by atoms with van der Waals surface area (Å²) in [6.07, 6.45) is 1.53. The Morgan fingerprint density at radius 2 is 2.26 bits per heavy atom. The second-order valence-corrected chi connectivity index (χ2v) is 5.99. The van der Waals surface area contributed by atoms with Crippen LogP contribution < -0.4 is 5.32 Å². The van der Waals surface area contributed by atoms with Crippen LogP contribution in [-0.2, 0) is 20.9 Å². The van der Waals surface area contributed by atoms with Crippen LogP contribution in [0.25, 0.3) is 0 Å². The summed E-state index contributed by atoms with van der Waals surface area (Å²) in [5.41, 5.74) is 0.730. The monoisotopic (exact) mass is 342 g/mol. The van der Waals surface area contributed by atoms with Crippen molar-refractivity contribution in [3.05, 3.63) is 34.6 Å². The van der Waals surface area contributed by atoms with Crippen LogP contribution in [0.1, 0.15) is 18.4 Å². The standard InChI is InChI=1S/C16H20ClFN2O3/c1-23-10-15(21)20-6-2-3-12(9-20)16(22)19-8-11-4-5-14(18)13(17)7-11/h4-5,7,12H,2-3,6,8-10H2,1H3,(H,19,22)/t12-/m1/s1. The van der Waals surface area contributed by atoms with Crippen molar-refractivity contribution < 1.29 is 18.7 Å². The molecule has 0 bridgehead atoms. The van der Waals surface area contributed by atoms with E-state index < -0.39 is 5.82 Å². The molecule has 126 valence electrons. The van der Waals surface area contributed by atoms with Gasteiger partial charge in [0.2, 0.25) is 11.8 Å². The highest BCUT2D eigenvalue weighted by atomic mass is 35.5. The van der Waals surface area contributed by atoms with E-state index in [-0.39, 0.29) is 35.9 Å². The van der Waals surface area contributed by atoms with Gasteiger partial charge in [0.25, 0.3) is 0 Å². The summed E-state index contributed by atoms with van der Waals surface area (Å²) < 4.78 is 17.9. The van der Waals surface area contributed by atoms with Crippen molar-refractivity contribution in [3.63, 3.8) is 0 Å². The van der Waals surface area contributed by atoms with Crippen LogP contribution in [0.5, 0.6) is 0 Å². The number of halogens is 2. The zero-order valence-electron chi connectivity index (χ0n) is 13.0. The van der Waals surface area contributed by atoms with Crippen LogP contribution in [0, 0.1) is 11.7 Å². The first-order valence-corrected chi connectivity index (χ1v) is 7.87. The van der Waals surface area contributed by atoms with Crippen LogP contribution in [0.4, 0.5) is 4.39 Å². The highest BCUT2D eigenvalue weighted by Crippen LogP contribution is 2.18. The molecule has 2 amide bonds. The van der Waals surface area contributed by atoms with Gasteiger partial charge in [0.15, 0.2) is 0 Å². The molecule has 0 saturated carbocycles. The van der Waals surface area contributed by atoms with Gasteiger partial charge in [0.1, 0.15) is 12.4 Å². The van der Waals surface area contributed by atoms with Crippen LogP contribution in [0.2, 0.25) is 5.02 Å². The maximum absolute atomic E-state index is 13.1. The fourth-order valence-electron chi connectivity index (χ4n) is 2.62. The van der Waals surface area contributed by atoms with Gasteiger partial charge in [0.05, 0.1) is 10.9 Å². The van der Waals surface area contributed by atoms with Gasteiger partial charge in [0, 0.05) is 26.7 Å². The molecule has 0 spiro atoms. The summed E-state index contributed by atoms with van der Waals surface area (Å²) in [5, 5.41) is 2.85. The largest absolute Gasteiger partial charge is 0.375 e. The quantitative estimate of drug-likeness (QED) is 0.890. The summed E-state index contributed by atoms with van der Waals surface area (Å²) in [4.78, 5) is 25.8. The van der Waals surface area contributed by atoms with Crippen molar-refractivity contribution in [2.24, 2.45) is 5.92 Å². The number of rotatable bonds is 5. The minimum absolute atomic E-state index is 0.0302. The normalized spacial score (nSPS) is 17.9. The molecule has 0 unspecified atom stereocenters. The van der Waals surface area contributed by atoms with E-state index in [4.69, 9.17) is 16.3 Å². The van der Waals surface area contributed by atoms with Crippen LogP contribution in [-0.4, -0.2) is 43.5 Å². The molecule has 1 saturated heterocycles. The number of nitrogens with one attached hydrogen (secondary N) is 1. The van der Waals surface area contributed by atoms with E-state index in [1.807, 2.05) is 0 Å². The van der Waals surface area contributed by atoms with Gasteiger partial charge >= 0.3 is 0 Å². The highest BCUT2D eigenvalue weighted by Gasteiger charge is 2.28. The maximum Gasteiger partial charge on any atom is 0.248 e. The third-order valence-corrected chi connectivity index (χ3v) is 4.15. The number of nitrogens with zero attached hydrogens (tertiary/aromatic N) is 1. The van der Waals surface area contributed by atoms with Crippen LogP contribution in [0.15, 0.2) is 18.2 Å². The second kappa shape index (κ2) is 8.26. The SMILES string of the molecule is COCC(=O)N1CCC[C@@H](C(=O)NCc2ccc(F)c(Cl)c2)C1. The molecular weight excluding hydrogens is 323 g/mol. The van der Waals surface area contributed by atoms with Crippen molar-refractivity contribution in [3.8, 4) is 0 Å². The van der Waals surface area contributed by atoms with E-state index in [0.29, 0.717) is 13.1 Å². The van der Waals surface area contributed by atoms with Gasteiger partial charge in [-0.05, 0) is 30.5 Å². The van der Waals surface area contributed by atoms with E-state index in [1.165, 1.54) is 19.2 Å². The maximum atomic E-state index is 13.1. The lowest BCUT2D eigenvalue weighted by molar-refractivity contribution is -0.139. The number of hydrogen-bond donors (Lipinski definition) is 1. The van der Waals surface area contributed by atoms with Gasteiger partial charge in [-0.1, -0.05) is 17.7 Å². The number of carbonyl (C=O) groups excluding carboxylic acids is 2. The Hall–Kier alpha value is -1.66. The second-order valence-electron chi connectivity index (χ2n) is 5.58. The lowest BCUT2D eigenvalue weighted by Crippen LogP contribution is -2.46. The Balaban J connectivity index is 1.87. The van der Waals surface area contributed by atoms with Crippen molar-refractivity contribution in [2.45, 2.75) is 19.4 Å². The number of piperidine rings is 1. The Morgan fingerprint density at radius 3 is 2.96 bits per heavy atom. The summed E-state index contributed by atoms with van der Waals surface area (Å²) in [7, 11) is 1.47. The van der Waals surface area contributed by atoms with Crippen molar-refractivity contribution in [2.75, 3.05) is 26.8 Å². The van der Waals surface area contributed by atoms with Crippen LogP contribution >= 0.6 is 11.6 Å². The fourth-order valence-corrected chi connectivity index (χ4v) is 2.82. The molecule has 1 aromatic carbocycles. The molecule has 2 rings (SSSR count). The topological polar surface area (TPSA) is 58.6 Å². The third-order valence-electron chi connectivity index (χ3n) is 3.86.